The van der Waals surface area contributed by atoms with Crippen LogP contribution in [-0.2, 0) is 0 Å². The number of quaternary nitrogens is 1. The molecule has 0 saturated heterocycles. The van der Waals surface area contributed by atoms with Gasteiger partial charge < -0.3 is 10.2 Å². The smallest absolute Gasteiger partial charge is 0.276 e. The highest BCUT2D eigenvalue weighted by Crippen LogP contribution is 2.23. The van der Waals surface area contributed by atoms with Crippen molar-refractivity contribution in [1.82, 2.24) is 10.2 Å². The maximum Gasteiger partial charge on any atom is 0.276 e. The molecular formula is C10H20N3OS+. The zero-order valence-corrected chi connectivity index (χ0v) is 10.5. The second-order valence-electron chi connectivity index (χ2n) is 3.75. The van der Waals surface area contributed by atoms with Crippen LogP contribution >= 0.6 is 11.8 Å². The maximum atomic E-state index is 5.55. The number of thioether (sulfide) groups is 1. The van der Waals surface area contributed by atoms with E-state index in [2.05, 4.69) is 36.7 Å². The Bertz CT molecular complexity index is 290. The average Bonchev–Trinajstić information content (AvgIpc) is 2.72. The van der Waals surface area contributed by atoms with Crippen LogP contribution in [0.4, 0.5) is 0 Å². The van der Waals surface area contributed by atoms with Gasteiger partial charge in [0.1, 0.15) is 0 Å². The molecule has 0 amide bonds. The van der Waals surface area contributed by atoms with E-state index >= 15 is 0 Å². The van der Waals surface area contributed by atoms with Crippen molar-refractivity contribution in [3.05, 3.63) is 5.89 Å². The molecule has 5 heteroatoms. The fraction of sp³-hybridized carbons (Fsp3) is 0.800. The van der Waals surface area contributed by atoms with E-state index in [1.807, 2.05) is 0 Å². The lowest BCUT2D eigenvalue weighted by molar-refractivity contribution is -0.444. The van der Waals surface area contributed by atoms with E-state index in [9.17, 15) is 0 Å². The van der Waals surface area contributed by atoms with Crippen LogP contribution < -0.4 is 5.73 Å². The number of hydrogen-bond acceptors (Lipinski definition) is 4. The van der Waals surface area contributed by atoms with E-state index in [0.29, 0.717) is 17.0 Å². The minimum Gasteiger partial charge on any atom is -0.410 e. The monoisotopic (exact) mass is 230 g/mol. The predicted octanol–water partition coefficient (Wildman–Crippen LogP) is 1.90. The third kappa shape index (κ3) is 3.50. The molecule has 1 heterocycles. The summed E-state index contributed by atoms with van der Waals surface area (Å²) in [5, 5.41) is 8.71. The molecule has 3 N–H and O–H groups in total. The fourth-order valence-electron chi connectivity index (χ4n) is 1.15. The van der Waals surface area contributed by atoms with Gasteiger partial charge in [-0.1, -0.05) is 32.5 Å². The molecule has 0 fully saturated rings. The van der Waals surface area contributed by atoms with Crippen LogP contribution in [0.25, 0.3) is 0 Å². The van der Waals surface area contributed by atoms with E-state index in [4.69, 9.17) is 4.42 Å². The third-order valence-electron chi connectivity index (χ3n) is 2.50. The molecule has 0 aromatic carbocycles. The number of aromatic nitrogens is 2. The van der Waals surface area contributed by atoms with Gasteiger partial charge in [0.2, 0.25) is 0 Å². The van der Waals surface area contributed by atoms with Crippen molar-refractivity contribution < 1.29 is 10.2 Å². The summed E-state index contributed by atoms with van der Waals surface area (Å²) < 4.78 is 5.55. The number of nitrogens with zero attached hydrogens (tertiary/aromatic N) is 2. The quantitative estimate of drug-likeness (QED) is 0.758. The van der Waals surface area contributed by atoms with Crippen LogP contribution in [0, 0.1) is 5.92 Å². The first kappa shape index (κ1) is 12.5. The molecule has 0 saturated carbocycles. The summed E-state index contributed by atoms with van der Waals surface area (Å²) in [4.78, 5) is 0. The first-order valence-corrected chi connectivity index (χ1v) is 6.46. The highest BCUT2D eigenvalue weighted by molar-refractivity contribution is 7.99. The highest BCUT2D eigenvalue weighted by atomic mass is 32.2. The second kappa shape index (κ2) is 6.12. The van der Waals surface area contributed by atoms with Crippen LogP contribution in [0.3, 0.4) is 0 Å². The Morgan fingerprint density at radius 1 is 1.40 bits per heavy atom. The zero-order valence-electron chi connectivity index (χ0n) is 9.69. The summed E-state index contributed by atoms with van der Waals surface area (Å²) in [7, 11) is 0. The molecule has 0 radical (unpaired) electrons. The largest absolute Gasteiger partial charge is 0.410 e. The first-order valence-electron chi connectivity index (χ1n) is 5.48. The lowest BCUT2D eigenvalue weighted by Gasteiger charge is -2.09. The van der Waals surface area contributed by atoms with E-state index in [1.54, 1.807) is 11.8 Å². The Morgan fingerprint density at radius 2 is 2.13 bits per heavy atom. The molecule has 15 heavy (non-hydrogen) atoms. The van der Waals surface area contributed by atoms with Crippen LogP contribution in [0.2, 0.25) is 0 Å². The van der Waals surface area contributed by atoms with Crippen LogP contribution in [-0.4, -0.2) is 16.0 Å². The average molecular weight is 230 g/mol. The summed E-state index contributed by atoms with van der Waals surface area (Å²) in [6, 6.07) is 0.110. The van der Waals surface area contributed by atoms with Crippen molar-refractivity contribution in [2.45, 2.75) is 44.9 Å². The van der Waals surface area contributed by atoms with Crippen molar-refractivity contribution in [1.29, 1.82) is 0 Å². The second-order valence-corrected chi connectivity index (χ2v) is 4.79. The Kier molecular flexibility index (Phi) is 5.11. The van der Waals surface area contributed by atoms with E-state index in [0.717, 1.165) is 18.6 Å². The molecule has 0 unspecified atom stereocenters. The van der Waals surface area contributed by atoms with Crippen molar-refractivity contribution in [3.63, 3.8) is 0 Å². The molecule has 0 aliphatic rings. The Morgan fingerprint density at radius 3 is 2.73 bits per heavy atom. The summed E-state index contributed by atoms with van der Waals surface area (Å²) >= 11 is 1.61. The highest BCUT2D eigenvalue weighted by Gasteiger charge is 2.23. The first-order chi connectivity index (χ1) is 7.19. The standard InChI is InChI=1S/C10H19N3OS/c1-4-6-15-10-13-12-9(14-10)8(11)7(3)5-2/h7-8H,4-6,11H2,1-3H3/p+1/t7-,8-/m0/s1. The number of hydrogen-bond donors (Lipinski definition) is 1. The SMILES string of the molecule is CCCSc1nnc([C@@H]([NH3+])[C@@H](C)CC)o1. The lowest BCUT2D eigenvalue weighted by atomic mass is 10.0. The summed E-state index contributed by atoms with van der Waals surface area (Å²) in [6.07, 6.45) is 2.19. The van der Waals surface area contributed by atoms with Crippen molar-refractivity contribution >= 4 is 11.8 Å². The molecule has 1 aromatic rings. The van der Waals surface area contributed by atoms with E-state index in [1.165, 1.54) is 0 Å². The molecule has 1 aromatic heterocycles. The van der Waals surface area contributed by atoms with E-state index in [-0.39, 0.29) is 6.04 Å². The summed E-state index contributed by atoms with van der Waals surface area (Å²) in [6.45, 7) is 6.43. The van der Waals surface area contributed by atoms with Crippen molar-refractivity contribution in [2.75, 3.05) is 5.75 Å². The molecule has 1 rings (SSSR count). The molecule has 4 nitrogen and oxygen atoms in total. The molecule has 0 bridgehead atoms. The maximum absolute atomic E-state index is 5.55. The van der Waals surface area contributed by atoms with Crippen molar-refractivity contribution in [3.8, 4) is 0 Å². The van der Waals surface area contributed by atoms with Gasteiger partial charge in [-0.15, -0.1) is 10.2 Å². The number of rotatable bonds is 6. The van der Waals surface area contributed by atoms with Crippen molar-refractivity contribution in [2.24, 2.45) is 5.92 Å². The van der Waals surface area contributed by atoms with Gasteiger partial charge in [0.25, 0.3) is 11.1 Å². The molecule has 0 aliphatic heterocycles. The van der Waals surface area contributed by atoms with Crippen LogP contribution in [0.5, 0.6) is 0 Å². The Hall–Kier alpha value is -0.550. The predicted molar refractivity (Wildman–Crippen MR) is 60.4 cm³/mol. The van der Waals surface area contributed by atoms with Gasteiger partial charge in [0.15, 0.2) is 6.04 Å². The molecule has 0 spiro atoms. The van der Waals surface area contributed by atoms with Gasteiger partial charge in [-0.2, -0.15) is 0 Å². The third-order valence-corrected chi connectivity index (χ3v) is 3.52. The zero-order chi connectivity index (χ0) is 11.3. The molecular weight excluding hydrogens is 210 g/mol. The minimum atomic E-state index is 0.110. The summed E-state index contributed by atoms with van der Waals surface area (Å²) in [5.41, 5.74) is 4.07. The van der Waals surface area contributed by atoms with Gasteiger partial charge in [0.05, 0.1) is 0 Å². The van der Waals surface area contributed by atoms with Gasteiger partial charge in [0, 0.05) is 11.7 Å². The van der Waals surface area contributed by atoms with E-state index < -0.39 is 0 Å². The fourth-order valence-corrected chi connectivity index (χ4v) is 1.77. The van der Waals surface area contributed by atoms with Gasteiger partial charge in [-0.3, -0.25) is 0 Å². The lowest BCUT2D eigenvalue weighted by Crippen LogP contribution is -2.56. The summed E-state index contributed by atoms with van der Waals surface area (Å²) in [5.74, 6) is 2.17. The molecule has 86 valence electrons. The van der Waals surface area contributed by atoms with Crippen LogP contribution in [0.15, 0.2) is 9.64 Å². The Balaban J connectivity index is 2.58. The molecule has 2 atom stereocenters. The van der Waals surface area contributed by atoms with Crippen LogP contribution in [0.1, 0.15) is 45.5 Å². The minimum absolute atomic E-state index is 0.110. The normalized spacial score (nSPS) is 15.2. The van der Waals surface area contributed by atoms with Gasteiger partial charge >= 0.3 is 0 Å². The topological polar surface area (TPSA) is 66.6 Å². The Labute approximate surface area is 95.0 Å². The van der Waals surface area contributed by atoms with Gasteiger partial charge in [-0.05, 0) is 12.8 Å². The molecule has 0 aliphatic carbocycles. The van der Waals surface area contributed by atoms with Gasteiger partial charge in [-0.25, -0.2) is 0 Å².